The van der Waals surface area contributed by atoms with Gasteiger partial charge in [0.05, 0.1) is 19.1 Å². The number of hydrogen-bond donors (Lipinski definition) is 1. The van der Waals surface area contributed by atoms with Crippen LogP contribution in [0.5, 0.6) is 0 Å². The summed E-state index contributed by atoms with van der Waals surface area (Å²) in [6.45, 7) is 8.87. The van der Waals surface area contributed by atoms with Gasteiger partial charge in [-0.15, -0.1) is 0 Å². The Hall–Kier alpha value is -1.63. The summed E-state index contributed by atoms with van der Waals surface area (Å²) in [6.07, 6.45) is 5.86. The van der Waals surface area contributed by atoms with E-state index in [9.17, 15) is 14.4 Å². The second-order valence-corrected chi connectivity index (χ2v) is 8.03. The van der Waals surface area contributed by atoms with E-state index in [1.54, 1.807) is 6.92 Å². The fraction of sp³-hybridized carbons (Fsp3) is 0.857. The van der Waals surface area contributed by atoms with Gasteiger partial charge in [-0.2, -0.15) is 0 Å². The van der Waals surface area contributed by atoms with Gasteiger partial charge in [-0.1, -0.05) is 19.8 Å². The molecule has 2 rings (SSSR count). The van der Waals surface area contributed by atoms with Crippen LogP contribution in [0.3, 0.4) is 0 Å². The summed E-state index contributed by atoms with van der Waals surface area (Å²) in [4.78, 5) is 40.9. The highest BCUT2D eigenvalue weighted by molar-refractivity contribution is 5.83. The van der Waals surface area contributed by atoms with Crippen molar-refractivity contribution in [2.75, 3.05) is 32.8 Å². The van der Waals surface area contributed by atoms with Crippen LogP contribution in [0, 0.1) is 5.92 Å². The van der Waals surface area contributed by atoms with Crippen LogP contribution in [0.15, 0.2) is 0 Å². The molecule has 2 amide bonds. The molecule has 2 aliphatic rings. The van der Waals surface area contributed by atoms with E-state index in [1.165, 1.54) is 12.8 Å². The number of esters is 1. The molecule has 2 fully saturated rings. The van der Waals surface area contributed by atoms with Crippen molar-refractivity contribution in [2.45, 2.75) is 77.8 Å². The van der Waals surface area contributed by atoms with Gasteiger partial charge < -0.3 is 15.0 Å². The lowest BCUT2D eigenvalue weighted by Crippen LogP contribution is -2.58. The Bertz CT molecular complexity index is 526. The molecule has 1 N–H and O–H groups in total. The van der Waals surface area contributed by atoms with Gasteiger partial charge in [0.15, 0.2) is 0 Å². The highest BCUT2D eigenvalue weighted by Gasteiger charge is 2.37. The third-order valence-electron chi connectivity index (χ3n) is 6.02. The minimum atomic E-state index is -0.322. The van der Waals surface area contributed by atoms with Crippen LogP contribution >= 0.6 is 0 Å². The highest BCUT2D eigenvalue weighted by atomic mass is 16.5. The zero-order valence-electron chi connectivity index (χ0n) is 17.7. The molecule has 28 heavy (non-hydrogen) atoms. The average molecular weight is 396 g/mol. The van der Waals surface area contributed by atoms with E-state index in [2.05, 4.69) is 17.1 Å². The van der Waals surface area contributed by atoms with Crippen molar-refractivity contribution < 1.29 is 19.1 Å². The fourth-order valence-corrected chi connectivity index (χ4v) is 4.23. The lowest BCUT2D eigenvalue weighted by molar-refractivity contribution is -0.146. The summed E-state index contributed by atoms with van der Waals surface area (Å²) >= 11 is 0. The van der Waals surface area contributed by atoms with Crippen LogP contribution in [0.4, 0.5) is 0 Å². The predicted octanol–water partition coefficient (Wildman–Crippen LogP) is 1.95. The van der Waals surface area contributed by atoms with Gasteiger partial charge >= 0.3 is 5.97 Å². The first-order valence-electron chi connectivity index (χ1n) is 10.9. The number of piperazine rings is 1. The first-order valence-corrected chi connectivity index (χ1v) is 10.9. The van der Waals surface area contributed by atoms with Crippen molar-refractivity contribution in [2.24, 2.45) is 5.92 Å². The molecule has 0 aromatic heterocycles. The van der Waals surface area contributed by atoms with E-state index in [-0.39, 0.29) is 42.7 Å². The number of nitrogens with zero attached hydrogens (tertiary/aromatic N) is 2. The van der Waals surface area contributed by atoms with Crippen molar-refractivity contribution in [1.82, 2.24) is 15.1 Å². The summed E-state index contributed by atoms with van der Waals surface area (Å²) in [5.41, 5.74) is 0. The van der Waals surface area contributed by atoms with Gasteiger partial charge in [0.1, 0.15) is 0 Å². The summed E-state index contributed by atoms with van der Waals surface area (Å²) in [6, 6.07) is 0.0930. The van der Waals surface area contributed by atoms with E-state index in [0.29, 0.717) is 38.7 Å². The number of ether oxygens (including phenoxy) is 1. The van der Waals surface area contributed by atoms with Gasteiger partial charge in [-0.3, -0.25) is 19.3 Å². The topological polar surface area (TPSA) is 79.0 Å². The average Bonchev–Trinajstić information content (AvgIpc) is 3.21. The van der Waals surface area contributed by atoms with Gasteiger partial charge in [-0.25, -0.2) is 0 Å². The fourth-order valence-electron chi connectivity index (χ4n) is 4.23. The molecule has 160 valence electrons. The van der Waals surface area contributed by atoms with Crippen molar-refractivity contribution in [3.63, 3.8) is 0 Å². The molecular formula is C21H37N3O4. The third-order valence-corrected chi connectivity index (χ3v) is 6.02. The largest absolute Gasteiger partial charge is 0.466 e. The van der Waals surface area contributed by atoms with E-state index < -0.39 is 0 Å². The Morgan fingerprint density at radius 2 is 1.68 bits per heavy atom. The van der Waals surface area contributed by atoms with Crippen LogP contribution in [-0.4, -0.2) is 72.5 Å². The summed E-state index contributed by atoms with van der Waals surface area (Å²) in [5, 5.41) is 3.17. The molecule has 1 saturated carbocycles. The molecule has 0 spiro atoms. The third kappa shape index (κ3) is 6.47. The first-order chi connectivity index (χ1) is 13.5. The Labute approximate surface area is 169 Å². The van der Waals surface area contributed by atoms with Crippen molar-refractivity contribution in [3.05, 3.63) is 0 Å². The van der Waals surface area contributed by atoms with Gasteiger partial charge in [0, 0.05) is 38.6 Å². The van der Waals surface area contributed by atoms with Crippen LogP contribution in [0.25, 0.3) is 0 Å². The highest BCUT2D eigenvalue weighted by Crippen LogP contribution is 2.31. The Kier molecular flexibility index (Phi) is 9.22. The maximum atomic E-state index is 13.0. The molecule has 2 unspecified atom stereocenters. The molecule has 2 atom stereocenters. The van der Waals surface area contributed by atoms with Crippen LogP contribution in [-0.2, 0) is 19.1 Å². The maximum Gasteiger partial charge on any atom is 0.306 e. The number of carbonyl (C=O) groups excluding carboxylic acids is 3. The standard InChI is InChI=1S/C21H37N3O4/c1-4-16(3)22-21(27)20(17-8-6-7-9-17)24-14-12-23(13-15-24)18(25)10-11-19(26)28-5-2/h16-17,20H,4-15H2,1-3H3,(H,22,27). The van der Waals surface area contributed by atoms with Crippen molar-refractivity contribution in [1.29, 1.82) is 0 Å². The molecule has 0 aromatic rings. The molecule has 1 saturated heterocycles. The lowest BCUT2D eigenvalue weighted by Gasteiger charge is -2.41. The number of nitrogens with one attached hydrogen (secondary N) is 1. The maximum absolute atomic E-state index is 13.0. The normalized spacial score (nSPS) is 20.6. The second kappa shape index (κ2) is 11.4. The lowest BCUT2D eigenvalue weighted by atomic mass is 9.94. The van der Waals surface area contributed by atoms with E-state index >= 15 is 0 Å². The molecule has 0 radical (unpaired) electrons. The quantitative estimate of drug-likeness (QED) is 0.604. The predicted molar refractivity (Wildman–Crippen MR) is 108 cm³/mol. The van der Waals surface area contributed by atoms with E-state index in [4.69, 9.17) is 4.74 Å². The number of amides is 2. The van der Waals surface area contributed by atoms with Crippen molar-refractivity contribution in [3.8, 4) is 0 Å². The molecule has 0 aromatic carbocycles. The van der Waals surface area contributed by atoms with Gasteiger partial charge in [0.25, 0.3) is 0 Å². The summed E-state index contributed by atoms with van der Waals surface area (Å²) < 4.78 is 4.89. The molecule has 7 heteroatoms. The number of hydrogen-bond acceptors (Lipinski definition) is 5. The minimum absolute atomic E-state index is 0.00539. The molecule has 1 aliphatic heterocycles. The zero-order chi connectivity index (χ0) is 20.5. The van der Waals surface area contributed by atoms with E-state index in [1.807, 2.05) is 11.8 Å². The molecule has 1 aliphatic carbocycles. The van der Waals surface area contributed by atoms with E-state index in [0.717, 1.165) is 19.3 Å². The molecule has 1 heterocycles. The van der Waals surface area contributed by atoms with Crippen LogP contribution in [0.1, 0.15) is 65.7 Å². The van der Waals surface area contributed by atoms with Crippen LogP contribution < -0.4 is 5.32 Å². The molecule has 7 nitrogen and oxygen atoms in total. The van der Waals surface area contributed by atoms with Crippen LogP contribution in [0.2, 0.25) is 0 Å². The monoisotopic (exact) mass is 395 g/mol. The van der Waals surface area contributed by atoms with Gasteiger partial charge in [-0.05, 0) is 39.0 Å². The molecule has 0 bridgehead atoms. The number of rotatable bonds is 9. The summed E-state index contributed by atoms with van der Waals surface area (Å²) in [7, 11) is 0. The SMILES string of the molecule is CCOC(=O)CCC(=O)N1CCN(C(C(=O)NC(C)CC)C2CCCC2)CC1. The smallest absolute Gasteiger partial charge is 0.306 e. The summed E-state index contributed by atoms with van der Waals surface area (Å²) in [5.74, 6) is 0.227. The Morgan fingerprint density at radius 3 is 2.25 bits per heavy atom. The zero-order valence-corrected chi connectivity index (χ0v) is 17.7. The Morgan fingerprint density at radius 1 is 1.04 bits per heavy atom. The van der Waals surface area contributed by atoms with Gasteiger partial charge in [0.2, 0.25) is 11.8 Å². The Balaban J connectivity index is 1.89. The van der Waals surface area contributed by atoms with Crippen molar-refractivity contribution >= 4 is 17.8 Å². The first kappa shape index (κ1) is 22.7. The molecular weight excluding hydrogens is 358 g/mol. The second-order valence-electron chi connectivity index (χ2n) is 8.03. The number of carbonyl (C=O) groups is 3. The minimum Gasteiger partial charge on any atom is -0.466 e.